The second-order valence-electron chi connectivity index (χ2n) is 7.76. The maximum absolute atomic E-state index is 9.33. The zero-order valence-corrected chi connectivity index (χ0v) is 18.0. The lowest BCUT2D eigenvalue weighted by atomic mass is 9.96. The van der Waals surface area contributed by atoms with E-state index in [1.54, 1.807) is 6.07 Å². The van der Waals surface area contributed by atoms with Gasteiger partial charge in [-0.2, -0.15) is 5.26 Å². The number of nitriles is 1. The number of hydrogen-bond donors (Lipinski definition) is 1. The fourth-order valence-corrected chi connectivity index (χ4v) is 5.27. The highest BCUT2D eigenvalue weighted by Crippen LogP contribution is 2.31. The van der Waals surface area contributed by atoms with Crippen LogP contribution in [0.15, 0.2) is 35.8 Å². The fraction of sp³-hybridized carbons (Fsp3) is 0.261. The number of nitrogen functional groups attached to an aromatic ring is 1. The Morgan fingerprint density at radius 2 is 2.00 bits per heavy atom. The smallest absolute Gasteiger partial charge is 0.221 e. The number of aryl methyl sites for hydroxylation is 1. The first-order valence-corrected chi connectivity index (χ1v) is 11.1. The number of fused-ring (bicyclic) bond motifs is 1. The average molecular weight is 428 g/mol. The van der Waals surface area contributed by atoms with E-state index in [9.17, 15) is 5.26 Å². The van der Waals surface area contributed by atoms with Crippen LogP contribution in [0.4, 0.5) is 5.95 Å². The van der Waals surface area contributed by atoms with Gasteiger partial charge in [0.05, 0.1) is 35.8 Å². The molecule has 2 N–H and O–H groups in total. The van der Waals surface area contributed by atoms with E-state index in [0.29, 0.717) is 29.2 Å². The van der Waals surface area contributed by atoms with Gasteiger partial charge >= 0.3 is 0 Å². The Bertz CT molecular complexity index is 1310. The minimum absolute atomic E-state index is 0.163. The summed E-state index contributed by atoms with van der Waals surface area (Å²) in [6.45, 7) is 2.61. The molecule has 31 heavy (non-hydrogen) atoms. The molecule has 0 amide bonds. The largest absolute Gasteiger partial charge is 0.368 e. The summed E-state index contributed by atoms with van der Waals surface area (Å²) >= 11 is 1.86. The molecule has 154 valence electrons. The van der Waals surface area contributed by atoms with E-state index >= 15 is 0 Å². The molecule has 1 aliphatic rings. The molecule has 0 atom stereocenters. The van der Waals surface area contributed by atoms with Crippen molar-refractivity contribution in [3.05, 3.63) is 63.0 Å². The quantitative estimate of drug-likeness (QED) is 0.524. The van der Waals surface area contributed by atoms with Crippen molar-refractivity contribution in [2.45, 2.75) is 39.2 Å². The van der Waals surface area contributed by atoms with Gasteiger partial charge in [0.25, 0.3) is 0 Å². The van der Waals surface area contributed by atoms with Crippen molar-refractivity contribution in [2.24, 2.45) is 0 Å². The van der Waals surface area contributed by atoms with E-state index in [4.69, 9.17) is 5.73 Å². The lowest BCUT2D eigenvalue weighted by Crippen LogP contribution is -2.05. The molecule has 8 heteroatoms. The molecule has 0 saturated carbocycles. The van der Waals surface area contributed by atoms with Crippen molar-refractivity contribution in [3.8, 4) is 28.7 Å². The van der Waals surface area contributed by atoms with Crippen LogP contribution >= 0.6 is 11.3 Å². The maximum Gasteiger partial charge on any atom is 0.221 e. The highest BCUT2D eigenvalue weighted by atomic mass is 32.1. The fourth-order valence-electron chi connectivity index (χ4n) is 4.13. The summed E-state index contributed by atoms with van der Waals surface area (Å²) in [5.41, 5.74) is 13.1. The number of aromatic nitrogens is 5. The third kappa shape index (κ3) is 3.68. The molecule has 0 bridgehead atoms. The van der Waals surface area contributed by atoms with Gasteiger partial charge in [-0.05, 0) is 66.8 Å². The minimum Gasteiger partial charge on any atom is -0.368 e. The Labute approximate surface area is 184 Å². The molecule has 0 saturated heterocycles. The summed E-state index contributed by atoms with van der Waals surface area (Å²) in [6.07, 6.45) is 6.79. The van der Waals surface area contributed by atoms with Crippen molar-refractivity contribution in [2.75, 3.05) is 5.73 Å². The first-order valence-electron chi connectivity index (χ1n) is 10.3. The summed E-state index contributed by atoms with van der Waals surface area (Å²) < 4.78 is 1.85. The van der Waals surface area contributed by atoms with Crippen molar-refractivity contribution >= 4 is 17.3 Å². The number of thiophene rings is 1. The van der Waals surface area contributed by atoms with Gasteiger partial charge in [-0.3, -0.25) is 0 Å². The van der Waals surface area contributed by atoms with Crippen molar-refractivity contribution in [1.29, 1.82) is 5.26 Å². The number of rotatable bonds is 4. The second-order valence-corrected chi connectivity index (χ2v) is 8.72. The predicted molar refractivity (Wildman–Crippen MR) is 120 cm³/mol. The van der Waals surface area contributed by atoms with Gasteiger partial charge in [-0.15, -0.1) is 16.4 Å². The molecule has 0 fully saturated rings. The van der Waals surface area contributed by atoms with Gasteiger partial charge < -0.3 is 5.73 Å². The Hall–Kier alpha value is -3.57. The van der Waals surface area contributed by atoms with Gasteiger partial charge in [0.15, 0.2) is 0 Å². The molecular formula is C23H21N7S. The lowest BCUT2D eigenvalue weighted by molar-refractivity contribution is 0.634. The molecule has 4 aromatic rings. The van der Waals surface area contributed by atoms with E-state index in [-0.39, 0.29) is 5.95 Å². The van der Waals surface area contributed by atoms with Crippen LogP contribution in [-0.2, 0) is 19.4 Å². The lowest BCUT2D eigenvalue weighted by Gasteiger charge is -2.12. The van der Waals surface area contributed by atoms with Crippen LogP contribution in [0.25, 0.3) is 22.6 Å². The molecular weight excluding hydrogens is 406 g/mol. The summed E-state index contributed by atoms with van der Waals surface area (Å²) in [5.74, 6) is 0.163. The number of nitrogens with zero attached hydrogens (tertiary/aromatic N) is 6. The van der Waals surface area contributed by atoms with E-state index in [2.05, 4.69) is 31.7 Å². The molecule has 7 nitrogen and oxygen atoms in total. The number of hydrogen-bond acceptors (Lipinski definition) is 7. The number of anilines is 1. The van der Waals surface area contributed by atoms with Crippen LogP contribution in [0.3, 0.4) is 0 Å². The molecule has 0 spiro atoms. The van der Waals surface area contributed by atoms with Crippen LogP contribution in [0.1, 0.15) is 40.0 Å². The van der Waals surface area contributed by atoms with Gasteiger partial charge in [0, 0.05) is 10.4 Å². The number of benzene rings is 1. The second kappa shape index (κ2) is 7.93. The Balaban J connectivity index is 1.46. The van der Waals surface area contributed by atoms with Gasteiger partial charge in [0.2, 0.25) is 5.95 Å². The zero-order chi connectivity index (χ0) is 21.4. The van der Waals surface area contributed by atoms with Gasteiger partial charge in [0.1, 0.15) is 5.69 Å². The summed E-state index contributed by atoms with van der Waals surface area (Å²) in [5, 5.41) is 20.2. The molecule has 5 rings (SSSR count). The van der Waals surface area contributed by atoms with E-state index in [0.717, 1.165) is 17.5 Å². The Kier molecular flexibility index (Phi) is 4.96. The topological polar surface area (TPSA) is 106 Å². The maximum atomic E-state index is 9.33. The predicted octanol–water partition coefficient (Wildman–Crippen LogP) is 4.15. The summed E-state index contributed by atoms with van der Waals surface area (Å²) in [4.78, 5) is 10.3. The monoisotopic (exact) mass is 427 g/mol. The third-order valence-corrected chi connectivity index (χ3v) is 6.89. The Morgan fingerprint density at radius 3 is 2.87 bits per heavy atom. The van der Waals surface area contributed by atoms with E-state index in [1.807, 2.05) is 47.3 Å². The van der Waals surface area contributed by atoms with E-state index in [1.165, 1.54) is 35.3 Å². The highest BCUT2D eigenvalue weighted by Gasteiger charge is 2.17. The number of nitrogens with two attached hydrogens (primary N) is 1. The molecule has 1 aliphatic carbocycles. The highest BCUT2D eigenvalue weighted by molar-refractivity contribution is 7.10. The van der Waals surface area contributed by atoms with Crippen LogP contribution in [-0.4, -0.2) is 25.0 Å². The van der Waals surface area contributed by atoms with Gasteiger partial charge in [-0.25, -0.2) is 14.6 Å². The molecule has 0 aliphatic heterocycles. The molecule has 3 heterocycles. The average Bonchev–Trinajstić information content (AvgIpc) is 3.41. The van der Waals surface area contributed by atoms with Crippen molar-refractivity contribution in [3.63, 3.8) is 0 Å². The van der Waals surface area contributed by atoms with Crippen molar-refractivity contribution in [1.82, 2.24) is 25.0 Å². The Morgan fingerprint density at radius 1 is 1.16 bits per heavy atom. The normalized spacial score (nSPS) is 13.0. The zero-order valence-electron chi connectivity index (χ0n) is 17.2. The SMILES string of the molecule is Cc1c(C#N)cccc1-c1cc(-c2cn(Cc3csc4c3CCCC4)nn2)nc(N)n1. The van der Waals surface area contributed by atoms with Gasteiger partial charge in [-0.1, -0.05) is 17.3 Å². The summed E-state index contributed by atoms with van der Waals surface area (Å²) in [7, 11) is 0. The molecule has 0 radical (unpaired) electrons. The third-order valence-electron chi connectivity index (χ3n) is 5.76. The van der Waals surface area contributed by atoms with E-state index < -0.39 is 0 Å². The summed E-state index contributed by atoms with van der Waals surface area (Å²) in [6, 6.07) is 9.62. The van der Waals surface area contributed by atoms with Crippen LogP contribution < -0.4 is 5.73 Å². The molecule has 3 aromatic heterocycles. The standard InChI is InChI=1S/C23H21N7S/c1-14-15(10-24)5-4-7-17(14)19-9-20(27-23(25)26-19)21-12-30(29-28-21)11-16-13-31-22-8-3-2-6-18(16)22/h4-5,7,9,12-13H,2-3,6,8,11H2,1H3,(H2,25,26,27). The van der Waals surface area contributed by atoms with Crippen LogP contribution in [0.5, 0.6) is 0 Å². The molecule has 1 aromatic carbocycles. The minimum atomic E-state index is 0.163. The van der Waals surface area contributed by atoms with Crippen LogP contribution in [0, 0.1) is 18.3 Å². The van der Waals surface area contributed by atoms with Crippen molar-refractivity contribution < 1.29 is 0 Å². The molecule has 0 unspecified atom stereocenters. The first-order chi connectivity index (χ1) is 15.1. The first kappa shape index (κ1) is 19.4. The van der Waals surface area contributed by atoms with Crippen LogP contribution in [0.2, 0.25) is 0 Å².